The number of fused-ring (bicyclic) bond motifs is 1. The van der Waals surface area contributed by atoms with Crippen LogP contribution < -0.4 is 5.32 Å². The van der Waals surface area contributed by atoms with Crippen LogP contribution in [-0.2, 0) is 0 Å². The minimum atomic E-state index is -0.544. The number of halogens is 1. The van der Waals surface area contributed by atoms with E-state index in [1.165, 1.54) is 12.3 Å². The molecule has 0 spiro atoms. The molecule has 1 heterocycles. The van der Waals surface area contributed by atoms with Gasteiger partial charge in [0.2, 0.25) is 0 Å². The van der Waals surface area contributed by atoms with E-state index in [0.29, 0.717) is 5.58 Å². The molecular formula is C11H10FNO2. The highest BCUT2D eigenvalue weighted by molar-refractivity contribution is 6.07. The van der Waals surface area contributed by atoms with Crippen LogP contribution in [0.4, 0.5) is 4.39 Å². The molecule has 0 saturated heterocycles. The number of carbonyl (C=O) groups is 1. The molecular weight excluding hydrogens is 197 g/mol. The summed E-state index contributed by atoms with van der Waals surface area (Å²) in [5, 5.41) is 3.42. The molecule has 1 aromatic carbocycles. The number of ketones is 1. The molecule has 3 nitrogen and oxygen atoms in total. The Morgan fingerprint density at radius 1 is 1.47 bits per heavy atom. The van der Waals surface area contributed by atoms with Crippen molar-refractivity contribution in [3.8, 4) is 0 Å². The van der Waals surface area contributed by atoms with E-state index < -0.39 is 5.82 Å². The summed E-state index contributed by atoms with van der Waals surface area (Å²) < 4.78 is 18.6. The van der Waals surface area contributed by atoms with Crippen molar-refractivity contribution in [3.63, 3.8) is 0 Å². The third kappa shape index (κ3) is 1.64. The number of nitrogens with one attached hydrogen (secondary N) is 1. The quantitative estimate of drug-likeness (QED) is 0.782. The van der Waals surface area contributed by atoms with Crippen molar-refractivity contribution in [1.82, 2.24) is 5.32 Å². The Morgan fingerprint density at radius 3 is 3.00 bits per heavy atom. The van der Waals surface area contributed by atoms with Crippen LogP contribution >= 0.6 is 0 Å². The third-order valence-corrected chi connectivity index (χ3v) is 2.19. The Morgan fingerprint density at radius 2 is 2.27 bits per heavy atom. The lowest BCUT2D eigenvalue weighted by Gasteiger charge is -2.02. The SMILES string of the molecule is CNCC(=O)c1c(F)ccc2ccoc12. The first-order chi connectivity index (χ1) is 7.24. The van der Waals surface area contributed by atoms with E-state index in [4.69, 9.17) is 4.42 Å². The number of likely N-dealkylation sites (N-methyl/N-ethyl adjacent to an activating group) is 1. The predicted octanol–water partition coefficient (Wildman–Crippen LogP) is 1.97. The van der Waals surface area contributed by atoms with Crippen LogP contribution in [0.1, 0.15) is 10.4 Å². The lowest BCUT2D eigenvalue weighted by molar-refractivity contribution is 0.0990. The zero-order valence-corrected chi connectivity index (χ0v) is 8.21. The van der Waals surface area contributed by atoms with Gasteiger partial charge in [-0.3, -0.25) is 4.79 Å². The van der Waals surface area contributed by atoms with Gasteiger partial charge in [0.1, 0.15) is 11.4 Å². The van der Waals surface area contributed by atoms with E-state index in [-0.39, 0.29) is 17.9 Å². The van der Waals surface area contributed by atoms with Gasteiger partial charge in [0, 0.05) is 5.39 Å². The smallest absolute Gasteiger partial charge is 0.183 e. The third-order valence-electron chi connectivity index (χ3n) is 2.19. The minimum absolute atomic E-state index is 0.0202. The summed E-state index contributed by atoms with van der Waals surface area (Å²) in [4.78, 5) is 11.6. The van der Waals surface area contributed by atoms with E-state index in [9.17, 15) is 9.18 Å². The zero-order valence-electron chi connectivity index (χ0n) is 8.21. The number of Topliss-reactive ketones (excluding diaryl/α,β-unsaturated/α-hetero) is 1. The maximum absolute atomic E-state index is 13.5. The fraction of sp³-hybridized carbons (Fsp3) is 0.182. The van der Waals surface area contributed by atoms with Crippen molar-refractivity contribution in [2.24, 2.45) is 0 Å². The molecule has 1 N–H and O–H groups in total. The molecule has 15 heavy (non-hydrogen) atoms. The first kappa shape index (κ1) is 9.86. The Balaban J connectivity index is 2.61. The van der Waals surface area contributed by atoms with Gasteiger partial charge in [-0.25, -0.2) is 4.39 Å². The van der Waals surface area contributed by atoms with Crippen molar-refractivity contribution in [2.45, 2.75) is 0 Å². The van der Waals surface area contributed by atoms with Gasteiger partial charge in [0.05, 0.1) is 18.4 Å². The molecule has 0 aliphatic heterocycles. The van der Waals surface area contributed by atoms with Gasteiger partial charge in [-0.15, -0.1) is 0 Å². The predicted molar refractivity (Wildman–Crippen MR) is 54.4 cm³/mol. The second kappa shape index (κ2) is 3.82. The molecule has 2 aromatic rings. The van der Waals surface area contributed by atoms with Gasteiger partial charge in [-0.1, -0.05) is 0 Å². The summed E-state index contributed by atoms with van der Waals surface area (Å²) in [5.74, 6) is -0.853. The second-order valence-corrected chi connectivity index (χ2v) is 3.21. The maximum atomic E-state index is 13.5. The second-order valence-electron chi connectivity index (χ2n) is 3.21. The van der Waals surface area contributed by atoms with Crippen LogP contribution in [0.5, 0.6) is 0 Å². The molecule has 0 saturated carbocycles. The van der Waals surface area contributed by atoms with Gasteiger partial charge < -0.3 is 9.73 Å². The van der Waals surface area contributed by atoms with Gasteiger partial charge in [-0.05, 0) is 25.2 Å². The van der Waals surface area contributed by atoms with Crippen molar-refractivity contribution in [2.75, 3.05) is 13.6 Å². The summed E-state index contributed by atoms with van der Waals surface area (Å²) in [7, 11) is 1.64. The average Bonchev–Trinajstić information content (AvgIpc) is 2.65. The molecule has 0 unspecified atom stereocenters. The molecule has 0 aliphatic rings. The summed E-state index contributed by atoms with van der Waals surface area (Å²) in [6, 6.07) is 4.57. The zero-order chi connectivity index (χ0) is 10.8. The van der Waals surface area contributed by atoms with Gasteiger partial charge in [-0.2, -0.15) is 0 Å². The molecule has 4 heteroatoms. The number of hydrogen-bond acceptors (Lipinski definition) is 3. The first-order valence-corrected chi connectivity index (χ1v) is 4.57. The molecule has 0 aliphatic carbocycles. The summed E-state index contributed by atoms with van der Waals surface area (Å²) in [6.45, 7) is 0.0940. The Labute approximate surface area is 85.9 Å². The molecule has 0 radical (unpaired) electrons. The summed E-state index contributed by atoms with van der Waals surface area (Å²) in [5.41, 5.74) is 0.335. The Hall–Kier alpha value is -1.68. The monoisotopic (exact) mass is 207 g/mol. The van der Waals surface area contributed by atoms with Crippen molar-refractivity contribution >= 4 is 16.8 Å². The van der Waals surface area contributed by atoms with Crippen LogP contribution in [-0.4, -0.2) is 19.4 Å². The molecule has 0 amide bonds. The normalized spacial score (nSPS) is 10.8. The maximum Gasteiger partial charge on any atom is 0.183 e. The number of rotatable bonds is 3. The number of furan rings is 1. The van der Waals surface area contributed by atoms with E-state index in [1.54, 1.807) is 19.2 Å². The van der Waals surface area contributed by atoms with Crippen LogP contribution in [0.25, 0.3) is 11.0 Å². The highest BCUT2D eigenvalue weighted by Crippen LogP contribution is 2.22. The first-order valence-electron chi connectivity index (χ1n) is 4.57. The van der Waals surface area contributed by atoms with Crippen LogP contribution in [0.2, 0.25) is 0 Å². The largest absolute Gasteiger partial charge is 0.463 e. The van der Waals surface area contributed by atoms with Crippen LogP contribution in [0.3, 0.4) is 0 Å². The standard InChI is InChI=1S/C11H10FNO2/c1-13-6-9(14)10-8(12)3-2-7-4-5-15-11(7)10/h2-5,13H,6H2,1H3. The minimum Gasteiger partial charge on any atom is -0.463 e. The van der Waals surface area contributed by atoms with Crippen LogP contribution in [0, 0.1) is 5.82 Å². The Bertz CT molecular complexity index is 504. The van der Waals surface area contributed by atoms with Gasteiger partial charge >= 0.3 is 0 Å². The van der Waals surface area contributed by atoms with Crippen molar-refractivity contribution in [3.05, 3.63) is 35.8 Å². The molecule has 0 fully saturated rings. The molecule has 78 valence electrons. The van der Waals surface area contributed by atoms with Crippen LogP contribution in [0.15, 0.2) is 28.9 Å². The van der Waals surface area contributed by atoms with E-state index in [0.717, 1.165) is 5.39 Å². The highest BCUT2D eigenvalue weighted by Gasteiger charge is 2.17. The van der Waals surface area contributed by atoms with Gasteiger partial charge in [0.15, 0.2) is 5.78 Å². The lowest BCUT2D eigenvalue weighted by Crippen LogP contribution is -2.19. The fourth-order valence-electron chi connectivity index (χ4n) is 1.52. The molecule has 2 rings (SSSR count). The number of carbonyl (C=O) groups excluding carboxylic acids is 1. The van der Waals surface area contributed by atoms with Crippen molar-refractivity contribution < 1.29 is 13.6 Å². The molecule has 0 atom stereocenters. The number of benzene rings is 1. The van der Waals surface area contributed by atoms with Crippen molar-refractivity contribution in [1.29, 1.82) is 0 Å². The molecule has 1 aromatic heterocycles. The Kier molecular flexibility index (Phi) is 2.51. The lowest BCUT2D eigenvalue weighted by atomic mass is 10.1. The van der Waals surface area contributed by atoms with E-state index in [2.05, 4.69) is 5.32 Å². The van der Waals surface area contributed by atoms with E-state index >= 15 is 0 Å². The fourth-order valence-corrected chi connectivity index (χ4v) is 1.52. The summed E-state index contributed by atoms with van der Waals surface area (Å²) >= 11 is 0. The van der Waals surface area contributed by atoms with Gasteiger partial charge in [0.25, 0.3) is 0 Å². The highest BCUT2D eigenvalue weighted by atomic mass is 19.1. The topological polar surface area (TPSA) is 42.2 Å². The summed E-state index contributed by atoms with van der Waals surface area (Å²) in [6.07, 6.45) is 1.44. The molecule has 0 bridgehead atoms. The average molecular weight is 207 g/mol. The number of hydrogen-bond donors (Lipinski definition) is 1. The van der Waals surface area contributed by atoms with E-state index in [1.807, 2.05) is 0 Å².